The maximum absolute atomic E-state index is 12.2. The van der Waals surface area contributed by atoms with Gasteiger partial charge < -0.3 is 15.2 Å². The van der Waals surface area contributed by atoms with Crippen molar-refractivity contribution in [1.82, 2.24) is 5.16 Å². The van der Waals surface area contributed by atoms with E-state index in [4.69, 9.17) is 4.52 Å². The Morgan fingerprint density at radius 1 is 1.29 bits per heavy atom. The number of alkyl halides is 3. The lowest BCUT2D eigenvalue weighted by atomic mass is 10.2. The molecular formula is C13H12F3N3O2. The summed E-state index contributed by atoms with van der Waals surface area (Å²) in [5.74, 6) is -0.602. The highest BCUT2D eigenvalue weighted by Gasteiger charge is 2.27. The number of aryl methyl sites for hydroxylation is 1. The molecule has 1 amide bonds. The number of carbonyl (C=O) groups is 1. The van der Waals surface area contributed by atoms with Crippen molar-refractivity contribution >= 4 is 17.3 Å². The molecule has 0 bridgehead atoms. The molecule has 0 atom stereocenters. The van der Waals surface area contributed by atoms with E-state index in [-0.39, 0.29) is 17.1 Å². The Morgan fingerprint density at radius 2 is 1.95 bits per heavy atom. The normalized spacial score (nSPS) is 11.2. The van der Waals surface area contributed by atoms with Crippen molar-refractivity contribution in [2.75, 3.05) is 17.2 Å². The van der Waals surface area contributed by atoms with Gasteiger partial charge in [-0.15, -0.1) is 0 Å². The van der Waals surface area contributed by atoms with E-state index < -0.39 is 18.6 Å². The summed E-state index contributed by atoms with van der Waals surface area (Å²) in [6, 6.07) is 7.51. The van der Waals surface area contributed by atoms with Crippen molar-refractivity contribution in [3.8, 4) is 0 Å². The Bertz CT molecular complexity index is 638. The quantitative estimate of drug-likeness (QED) is 0.909. The Hall–Kier alpha value is -2.51. The molecule has 112 valence electrons. The first-order valence-corrected chi connectivity index (χ1v) is 5.99. The van der Waals surface area contributed by atoms with Gasteiger partial charge in [0, 0.05) is 6.07 Å². The highest BCUT2D eigenvalue weighted by Crippen LogP contribution is 2.24. The number of nitrogens with zero attached hydrogens (tertiary/aromatic N) is 1. The third kappa shape index (κ3) is 4.23. The van der Waals surface area contributed by atoms with Crippen LogP contribution in [0.4, 0.5) is 24.5 Å². The van der Waals surface area contributed by atoms with Crippen LogP contribution in [-0.2, 0) is 0 Å². The van der Waals surface area contributed by atoms with Crippen molar-refractivity contribution in [2.45, 2.75) is 13.1 Å². The topological polar surface area (TPSA) is 67.2 Å². The largest absolute Gasteiger partial charge is 0.405 e. The highest BCUT2D eigenvalue weighted by atomic mass is 19.4. The summed E-state index contributed by atoms with van der Waals surface area (Å²) in [5.41, 5.74) is 0.920. The number of halogens is 3. The standard InChI is InChI=1S/C13H12F3N3O2/c1-8-6-11(21-19-8)12(20)18-10-5-3-2-4-9(10)17-7-13(14,15)16/h2-6,17H,7H2,1H3,(H,18,20). The SMILES string of the molecule is Cc1cc(C(=O)Nc2ccccc2NCC(F)(F)F)on1. The van der Waals surface area contributed by atoms with E-state index in [1.54, 1.807) is 19.1 Å². The van der Waals surface area contributed by atoms with Gasteiger partial charge in [-0.2, -0.15) is 13.2 Å². The van der Waals surface area contributed by atoms with Gasteiger partial charge in [0.15, 0.2) is 0 Å². The minimum atomic E-state index is -4.35. The van der Waals surface area contributed by atoms with Crippen LogP contribution in [0.5, 0.6) is 0 Å². The first-order chi connectivity index (χ1) is 9.85. The third-order valence-electron chi connectivity index (χ3n) is 2.51. The summed E-state index contributed by atoms with van der Waals surface area (Å²) in [6.07, 6.45) is -4.35. The van der Waals surface area contributed by atoms with Crippen molar-refractivity contribution in [3.05, 3.63) is 41.8 Å². The smallest absolute Gasteiger partial charge is 0.375 e. The molecule has 0 saturated heterocycles. The molecule has 1 aromatic carbocycles. The van der Waals surface area contributed by atoms with Crippen molar-refractivity contribution in [3.63, 3.8) is 0 Å². The lowest BCUT2D eigenvalue weighted by Crippen LogP contribution is -2.22. The molecule has 5 nitrogen and oxygen atoms in total. The lowest BCUT2D eigenvalue weighted by molar-refractivity contribution is -0.115. The molecule has 2 aromatic rings. The average Bonchev–Trinajstić information content (AvgIpc) is 2.83. The van der Waals surface area contributed by atoms with Gasteiger partial charge in [0.05, 0.1) is 17.1 Å². The van der Waals surface area contributed by atoms with Crippen LogP contribution in [0, 0.1) is 6.92 Å². The Balaban J connectivity index is 2.11. The zero-order chi connectivity index (χ0) is 15.5. The predicted octanol–water partition coefficient (Wildman–Crippen LogP) is 3.21. The number of benzene rings is 1. The van der Waals surface area contributed by atoms with Gasteiger partial charge in [-0.1, -0.05) is 17.3 Å². The predicted molar refractivity (Wildman–Crippen MR) is 70.2 cm³/mol. The fraction of sp³-hybridized carbons (Fsp3) is 0.231. The third-order valence-corrected chi connectivity index (χ3v) is 2.51. The van der Waals surface area contributed by atoms with E-state index in [0.717, 1.165) is 0 Å². The Morgan fingerprint density at radius 3 is 2.52 bits per heavy atom. The summed E-state index contributed by atoms with van der Waals surface area (Å²) in [6.45, 7) is 0.459. The van der Waals surface area contributed by atoms with E-state index in [1.807, 2.05) is 0 Å². The summed E-state index contributed by atoms with van der Waals surface area (Å²) in [7, 11) is 0. The highest BCUT2D eigenvalue weighted by molar-refractivity contribution is 6.04. The van der Waals surface area contributed by atoms with Crippen molar-refractivity contribution in [2.24, 2.45) is 0 Å². The fourth-order valence-corrected chi connectivity index (χ4v) is 1.60. The monoisotopic (exact) mass is 299 g/mol. The number of hydrogen-bond donors (Lipinski definition) is 2. The number of hydrogen-bond acceptors (Lipinski definition) is 4. The van der Waals surface area contributed by atoms with Gasteiger partial charge >= 0.3 is 6.18 Å². The molecule has 0 aliphatic heterocycles. The maximum atomic E-state index is 12.2. The van der Waals surface area contributed by atoms with E-state index in [9.17, 15) is 18.0 Å². The maximum Gasteiger partial charge on any atom is 0.405 e. The second kappa shape index (κ2) is 5.86. The van der Waals surface area contributed by atoms with Crippen molar-refractivity contribution < 1.29 is 22.5 Å². The van der Waals surface area contributed by atoms with Gasteiger partial charge in [0.1, 0.15) is 6.54 Å². The number of nitrogens with one attached hydrogen (secondary N) is 2. The molecule has 0 aliphatic rings. The zero-order valence-electron chi connectivity index (χ0n) is 11.0. The number of aromatic nitrogens is 1. The van der Waals surface area contributed by atoms with E-state index in [1.165, 1.54) is 18.2 Å². The molecule has 0 fully saturated rings. The minimum absolute atomic E-state index is 0.0156. The molecular weight excluding hydrogens is 287 g/mol. The number of carbonyl (C=O) groups excluding carboxylic acids is 1. The molecule has 0 saturated carbocycles. The summed E-state index contributed by atoms with van der Waals surface area (Å²) in [4.78, 5) is 11.9. The molecule has 1 aromatic heterocycles. The number of para-hydroxylation sites is 2. The van der Waals surface area contributed by atoms with E-state index in [0.29, 0.717) is 5.69 Å². The lowest BCUT2D eigenvalue weighted by Gasteiger charge is -2.13. The summed E-state index contributed by atoms with van der Waals surface area (Å²) < 4.78 is 41.5. The van der Waals surface area contributed by atoms with Crippen LogP contribution in [0.25, 0.3) is 0 Å². The summed E-state index contributed by atoms with van der Waals surface area (Å²) in [5, 5.41) is 8.27. The average molecular weight is 299 g/mol. The van der Waals surface area contributed by atoms with Crippen LogP contribution in [0.1, 0.15) is 16.2 Å². The van der Waals surface area contributed by atoms with Crippen LogP contribution in [0.2, 0.25) is 0 Å². The molecule has 8 heteroatoms. The minimum Gasteiger partial charge on any atom is -0.375 e. The number of rotatable bonds is 4. The fourth-order valence-electron chi connectivity index (χ4n) is 1.60. The van der Waals surface area contributed by atoms with Gasteiger partial charge in [-0.25, -0.2) is 0 Å². The zero-order valence-corrected chi connectivity index (χ0v) is 11.0. The van der Waals surface area contributed by atoms with E-state index >= 15 is 0 Å². The van der Waals surface area contributed by atoms with Gasteiger partial charge in [-0.3, -0.25) is 4.79 Å². The van der Waals surface area contributed by atoms with Crippen LogP contribution in [0.3, 0.4) is 0 Å². The van der Waals surface area contributed by atoms with Crippen LogP contribution in [0.15, 0.2) is 34.9 Å². The number of anilines is 2. The van der Waals surface area contributed by atoms with Crippen LogP contribution in [-0.4, -0.2) is 23.8 Å². The molecule has 2 N–H and O–H groups in total. The molecule has 1 heterocycles. The van der Waals surface area contributed by atoms with E-state index in [2.05, 4.69) is 15.8 Å². The summed E-state index contributed by atoms with van der Waals surface area (Å²) >= 11 is 0. The van der Waals surface area contributed by atoms with Gasteiger partial charge in [-0.05, 0) is 19.1 Å². The number of amides is 1. The molecule has 0 unspecified atom stereocenters. The molecule has 21 heavy (non-hydrogen) atoms. The first kappa shape index (κ1) is 14.9. The van der Waals surface area contributed by atoms with Gasteiger partial charge in [0.25, 0.3) is 5.91 Å². The Labute approximate surface area is 118 Å². The van der Waals surface area contributed by atoms with Gasteiger partial charge in [0.2, 0.25) is 5.76 Å². The Kier molecular flexibility index (Phi) is 4.15. The second-order valence-corrected chi connectivity index (χ2v) is 4.30. The van der Waals surface area contributed by atoms with Crippen LogP contribution < -0.4 is 10.6 Å². The molecule has 2 rings (SSSR count). The molecule has 0 radical (unpaired) electrons. The van der Waals surface area contributed by atoms with Crippen LogP contribution >= 0.6 is 0 Å². The molecule has 0 aliphatic carbocycles. The van der Waals surface area contributed by atoms with Crippen molar-refractivity contribution in [1.29, 1.82) is 0 Å². The second-order valence-electron chi connectivity index (χ2n) is 4.30. The first-order valence-electron chi connectivity index (χ1n) is 5.99. The molecule has 0 spiro atoms.